The van der Waals surface area contributed by atoms with Gasteiger partial charge in [-0.2, -0.15) is 0 Å². The van der Waals surface area contributed by atoms with E-state index in [2.05, 4.69) is 5.32 Å². The SMILES string of the molecule is CCCCNC1(P(=O)([O-])[O-])CCCCC1. The molecule has 0 aromatic rings. The predicted molar refractivity (Wildman–Crippen MR) is 56.3 cm³/mol. The highest BCUT2D eigenvalue weighted by Gasteiger charge is 2.34. The summed E-state index contributed by atoms with van der Waals surface area (Å²) in [5.41, 5.74) is 0. The van der Waals surface area contributed by atoms with Crippen molar-refractivity contribution >= 4 is 7.60 Å². The third kappa shape index (κ3) is 3.28. The van der Waals surface area contributed by atoms with Gasteiger partial charge in [-0.3, -0.25) is 0 Å². The highest BCUT2D eigenvalue weighted by molar-refractivity contribution is 7.50. The van der Waals surface area contributed by atoms with E-state index in [-0.39, 0.29) is 0 Å². The second-order valence-corrected chi connectivity index (χ2v) is 6.22. The quantitative estimate of drug-likeness (QED) is 0.566. The summed E-state index contributed by atoms with van der Waals surface area (Å²) >= 11 is 0. The Morgan fingerprint density at radius 2 is 1.87 bits per heavy atom. The molecule has 0 aliphatic heterocycles. The molecular weight excluding hydrogens is 213 g/mol. The lowest BCUT2D eigenvalue weighted by atomic mass is 9.94. The van der Waals surface area contributed by atoms with Gasteiger partial charge in [-0.1, -0.05) is 32.6 Å². The average Bonchev–Trinajstić information content (AvgIpc) is 2.18. The Hall–Kier alpha value is 0.110. The van der Waals surface area contributed by atoms with E-state index in [9.17, 15) is 14.4 Å². The van der Waals surface area contributed by atoms with Crippen molar-refractivity contribution in [3.8, 4) is 0 Å². The van der Waals surface area contributed by atoms with E-state index in [1.165, 1.54) is 0 Å². The summed E-state index contributed by atoms with van der Waals surface area (Å²) in [4.78, 5) is 22.6. The molecule has 0 unspecified atom stereocenters. The maximum atomic E-state index is 11.3. The Bertz CT molecular complexity index is 233. The molecule has 1 aliphatic rings. The number of rotatable bonds is 5. The van der Waals surface area contributed by atoms with E-state index in [1.807, 2.05) is 6.92 Å². The van der Waals surface area contributed by atoms with Crippen LogP contribution in [-0.2, 0) is 4.57 Å². The standard InChI is InChI=1S/C10H22NO3P/c1-2-3-9-11-10(15(12,13)14)7-5-4-6-8-10/h11H,2-9H2,1H3,(H2,12,13,14)/p-2. The first kappa shape index (κ1) is 13.2. The molecule has 0 atom stereocenters. The maximum Gasteiger partial charge on any atom is 0.0458 e. The lowest BCUT2D eigenvalue weighted by molar-refractivity contribution is -0.323. The molecule has 4 nitrogen and oxygen atoms in total. The molecule has 1 aliphatic carbocycles. The van der Waals surface area contributed by atoms with E-state index in [1.54, 1.807) is 0 Å². The number of hydrogen-bond acceptors (Lipinski definition) is 4. The van der Waals surface area contributed by atoms with Gasteiger partial charge in [0.25, 0.3) is 0 Å². The Kier molecular flexibility index (Phi) is 4.78. The van der Waals surface area contributed by atoms with Crippen molar-refractivity contribution in [3.63, 3.8) is 0 Å². The lowest BCUT2D eigenvalue weighted by Gasteiger charge is -2.52. The van der Waals surface area contributed by atoms with Crippen molar-refractivity contribution in [1.29, 1.82) is 0 Å². The van der Waals surface area contributed by atoms with Gasteiger partial charge in [0.15, 0.2) is 0 Å². The van der Waals surface area contributed by atoms with Crippen LogP contribution < -0.4 is 15.1 Å². The van der Waals surface area contributed by atoms with Gasteiger partial charge in [0.1, 0.15) is 0 Å². The van der Waals surface area contributed by atoms with Gasteiger partial charge in [-0.05, 0) is 33.4 Å². The fraction of sp³-hybridized carbons (Fsp3) is 1.00. The first-order valence-electron chi connectivity index (χ1n) is 5.79. The molecule has 1 rings (SSSR count). The summed E-state index contributed by atoms with van der Waals surface area (Å²) < 4.78 is 11.3. The molecule has 0 bridgehead atoms. The van der Waals surface area contributed by atoms with Crippen molar-refractivity contribution < 1.29 is 14.4 Å². The topological polar surface area (TPSA) is 75.2 Å². The highest BCUT2D eigenvalue weighted by atomic mass is 31.2. The van der Waals surface area contributed by atoms with Gasteiger partial charge in [-0.15, -0.1) is 0 Å². The molecule has 0 radical (unpaired) electrons. The van der Waals surface area contributed by atoms with Crippen molar-refractivity contribution in [2.45, 2.75) is 57.1 Å². The van der Waals surface area contributed by atoms with Gasteiger partial charge in [0.2, 0.25) is 0 Å². The smallest absolute Gasteiger partial charge is 0.0458 e. The van der Waals surface area contributed by atoms with Crippen LogP contribution in [0.3, 0.4) is 0 Å². The van der Waals surface area contributed by atoms with E-state index in [4.69, 9.17) is 0 Å². The molecule has 0 aromatic carbocycles. The maximum absolute atomic E-state index is 11.3. The van der Waals surface area contributed by atoms with Crippen molar-refractivity contribution in [1.82, 2.24) is 5.32 Å². The summed E-state index contributed by atoms with van der Waals surface area (Å²) in [6.45, 7) is 2.67. The Morgan fingerprint density at radius 1 is 1.27 bits per heavy atom. The fourth-order valence-electron chi connectivity index (χ4n) is 2.18. The third-order valence-corrected chi connectivity index (χ3v) is 4.84. The molecule has 5 heteroatoms. The van der Waals surface area contributed by atoms with Crippen LogP contribution in [-0.4, -0.2) is 11.8 Å². The van der Waals surface area contributed by atoms with Crippen molar-refractivity contribution in [2.24, 2.45) is 0 Å². The third-order valence-electron chi connectivity index (χ3n) is 3.19. The van der Waals surface area contributed by atoms with Crippen molar-refractivity contribution in [2.75, 3.05) is 6.54 Å². The van der Waals surface area contributed by atoms with Crippen LogP contribution in [0.5, 0.6) is 0 Å². The molecule has 0 heterocycles. The molecular formula is C10H20NO3P-2. The zero-order chi connectivity index (χ0) is 11.4. The first-order chi connectivity index (χ1) is 7.02. The molecule has 15 heavy (non-hydrogen) atoms. The van der Waals surface area contributed by atoms with Crippen LogP contribution in [0.25, 0.3) is 0 Å². The summed E-state index contributed by atoms with van der Waals surface area (Å²) in [6.07, 6.45) is 5.62. The van der Waals surface area contributed by atoms with Crippen LogP contribution >= 0.6 is 7.60 Å². The number of hydrogen-bond donors (Lipinski definition) is 1. The Labute approximate surface area is 91.6 Å². The summed E-state index contributed by atoms with van der Waals surface area (Å²) in [5.74, 6) is 0. The minimum absolute atomic E-state index is 0.487. The molecule has 90 valence electrons. The van der Waals surface area contributed by atoms with Crippen LogP contribution in [0.4, 0.5) is 0 Å². The van der Waals surface area contributed by atoms with E-state index in [0.29, 0.717) is 19.4 Å². The van der Waals surface area contributed by atoms with E-state index in [0.717, 1.165) is 32.1 Å². The zero-order valence-corrected chi connectivity index (χ0v) is 10.2. The zero-order valence-electron chi connectivity index (χ0n) is 9.33. The fourth-order valence-corrected chi connectivity index (χ4v) is 3.35. The number of nitrogens with one attached hydrogen (secondary N) is 1. The molecule has 1 N–H and O–H groups in total. The Balaban J connectivity index is 2.63. The monoisotopic (exact) mass is 233 g/mol. The average molecular weight is 233 g/mol. The predicted octanol–water partition coefficient (Wildman–Crippen LogP) is 0.950. The van der Waals surface area contributed by atoms with E-state index < -0.39 is 12.9 Å². The first-order valence-corrected chi connectivity index (χ1v) is 7.33. The Morgan fingerprint density at radius 3 is 2.33 bits per heavy atom. The molecule has 0 spiro atoms. The second kappa shape index (κ2) is 5.44. The summed E-state index contributed by atoms with van der Waals surface area (Å²) in [5, 5.41) is 1.85. The summed E-state index contributed by atoms with van der Waals surface area (Å²) in [6, 6.07) is 0. The van der Waals surface area contributed by atoms with Crippen LogP contribution in [0, 0.1) is 0 Å². The summed E-state index contributed by atoms with van der Waals surface area (Å²) in [7, 11) is -4.52. The van der Waals surface area contributed by atoms with Gasteiger partial charge in [0.05, 0.1) is 0 Å². The van der Waals surface area contributed by atoms with Crippen LogP contribution in [0.15, 0.2) is 0 Å². The highest BCUT2D eigenvalue weighted by Crippen LogP contribution is 2.49. The minimum atomic E-state index is -4.52. The van der Waals surface area contributed by atoms with Gasteiger partial charge >= 0.3 is 0 Å². The van der Waals surface area contributed by atoms with Crippen LogP contribution in [0.2, 0.25) is 0 Å². The van der Waals surface area contributed by atoms with Gasteiger partial charge in [0, 0.05) is 5.28 Å². The minimum Gasteiger partial charge on any atom is -0.809 e. The largest absolute Gasteiger partial charge is 0.809 e. The molecule has 0 saturated heterocycles. The van der Waals surface area contributed by atoms with E-state index >= 15 is 0 Å². The second-order valence-electron chi connectivity index (χ2n) is 4.37. The van der Waals surface area contributed by atoms with Gasteiger partial charge < -0.3 is 19.7 Å². The van der Waals surface area contributed by atoms with Crippen LogP contribution in [0.1, 0.15) is 51.9 Å². The van der Waals surface area contributed by atoms with Gasteiger partial charge in [-0.25, -0.2) is 0 Å². The molecule has 1 fully saturated rings. The normalized spacial score (nSPS) is 21.5. The molecule has 0 amide bonds. The number of unbranched alkanes of at least 4 members (excludes halogenated alkanes) is 1. The molecule has 1 saturated carbocycles. The lowest BCUT2D eigenvalue weighted by Crippen LogP contribution is -2.52. The molecule has 0 aromatic heterocycles. The van der Waals surface area contributed by atoms with Crippen molar-refractivity contribution in [3.05, 3.63) is 0 Å².